The van der Waals surface area contributed by atoms with Gasteiger partial charge in [-0.25, -0.2) is 0 Å². The molecule has 1 N–H and O–H groups in total. The summed E-state index contributed by atoms with van der Waals surface area (Å²) in [5.41, 5.74) is 0. The van der Waals surface area contributed by atoms with Crippen LogP contribution in [0.25, 0.3) is 0 Å². The average molecular weight is 254 g/mol. The van der Waals surface area contributed by atoms with Crippen molar-refractivity contribution in [3.63, 3.8) is 0 Å². The highest BCUT2D eigenvalue weighted by atomic mass is 15.1. The second-order valence-electron chi connectivity index (χ2n) is 6.65. The molecule has 18 heavy (non-hydrogen) atoms. The summed E-state index contributed by atoms with van der Waals surface area (Å²) in [5.74, 6) is 1.74. The molecule has 0 bridgehead atoms. The van der Waals surface area contributed by atoms with E-state index in [9.17, 15) is 0 Å². The number of hydrogen-bond donors (Lipinski definition) is 1. The Labute approximate surface area is 115 Å². The van der Waals surface area contributed by atoms with E-state index in [2.05, 4.69) is 45.0 Å². The fourth-order valence-corrected chi connectivity index (χ4v) is 3.10. The fourth-order valence-electron chi connectivity index (χ4n) is 3.10. The van der Waals surface area contributed by atoms with Crippen LogP contribution in [0.5, 0.6) is 0 Å². The summed E-state index contributed by atoms with van der Waals surface area (Å²) in [6, 6.07) is 1.44. The van der Waals surface area contributed by atoms with Crippen LogP contribution >= 0.6 is 0 Å². The molecule has 0 aromatic rings. The van der Waals surface area contributed by atoms with Gasteiger partial charge in [-0.2, -0.15) is 0 Å². The summed E-state index contributed by atoms with van der Waals surface area (Å²) in [4.78, 5) is 2.44. The molecule has 0 amide bonds. The number of nitrogens with one attached hydrogen (secondary N) is 1. The van der Waals surface area contributed by atoms with E-state index in [0.717, 1.165) is 17.9 Å². The Morgan fingerprint density at radius 3 is 2.28 bits per heavy atom. The number of rotatable bonds is 7. The highest BCUT2D eigenvalue weighted by Crippen LogP contribution is 2.28. The maximum Gasteiger partial charge on any atom is 0.0118 e. The Morgan fingerprint density at radius 1 is 1.11 bits per heavy atom. The molecule has 0 aliphatic heterocycles. The lowest BCUT2D eigenvalue weighted by Gasteiger charge is -2.35. The molecule has 2 unspecified atom stereocenters. The molecular formula is C16H34N2. The summed E-state index contributed by atoms with van der Waals surface area (Å²) in [6.45, 7) is 11.8. The van der Waals surface area contributed by atoms with Gasteiger partial charge in [0.1, 0.15) is 0 Å². The molecule has 1 aliphatic carbocycles. The van der Waals surface area contributed by atoms with E-state index >= 15 is 0 Å². The summed E-state index contributed by atoms with van der Waals surface area (Å²) < 4.78 is 0. The minimum Gasteiger partial charge on any atom is -0.313 e. The zero-order valence-electron chi connectivity index (χ0n) is 13.2. The predicted octanol–water partition coefficient (Wildman–Crippen LogP) is 3.52. The number of nitrogens with zero attached hydrogens (tertiary/aromatic N) is 1. The van der Waals surface area contributed by atoms with Crippen LogP contribution in [0.3, 0.4) is 0 Å². The van der Waals surface area contributed by atoms with E-state index in [-0.39, 0.29) is 0 Å². The summed E-state index contributed by atoms with van der Waals surface area (Å²) in [6.07, 6.45) is 6.89. The van der Waals surface area contributed by atoms with Crippen molar-refractivity contribution in [3.8, 4) is 0 Å². The Bertz CT molecular complexity index is 205. The van der Waals surface area contributed by atoms with Crippen LogP contribution in [0.4, 0.5) is 0 Å². The van der Waals surface area contributed by atoms with Crippen molar-refractivity contribution in [1.29, 1.82) is 0 Å². The summed E-state index contributed by atoms with van der Waals surface area (Å²) in [7, 11) is 2.23. The lowest BCUT2D eigenvalue weighted by molar-refractivity contribution is 0.206. The normalized spacial score (nSPS) is 29.2. The van der Waals surface area contributed by atoms with Crippen LogP contribution in [0.2, 0.25) is 0 Å². The zero-order valence-corrected chi connectivity index (χ0v) is 13.2. The highest BCUT2D eigenvalue weighted by molar-refractivity contribution is 4.83. The number of hydrogen-bond acceptors (Lipinski definition) is 2. The average Bonchev–Trinajstić information content (AvgIpc) is 2.31. The van der Waals surface area contributed by atoms with Gasteiger partial charge in [-0.15, -0.1) is 0 Å². The Hall–Kier alpha value is -0.0800. The third-order valence-electron chi connectivity index (χ3n) is 4.74. The first-order valence-corrected chi connectivity index (χ1v) is 7.96. The third kappa shape index (κ3) is 5.27. The zero-order chi connectivity index (χ0) is 13.5. The largest absolute Gasteiger partial charge is 0.313 e. The van der Waals surface area contributed by atoms with Crippen molar-refractivity contribution in [1.82, 2.24) is 10.2 Å². The van der Waals surface area contributed by atoms with E-state index in [1.54, 1.807) is 0 Å². The van der Waals surface area contributed by atoms with Crippen molar-refractivity contribution in [2.75, 3.05) is 20.1 Å². The molecule has 108 valence electrons. The Balaban J connectivity index is 2.10. The monoisotopic (exact) mass is 254 g/mol. The maximum absolute atomic E-state index is 3.81. The summed E-state index contributed by atoms with van der Waals surface area (Å²) in [5, 5.41) is 3.81. The van der Waals surface area contributed by atoms with Crippen LogP contribution in [-0.2, 0) is 0 Å². The van der Waals surface area contributed by atoms with Gasteiger partial charge in [0.2, 0.25) is 0 Å². The molecule has 2 nitrogen and oxygen atoms in total. The predicted molar refractivity (Wildman–Crippen MR) is 81.0 cm³/mol. The van der Waals surface area contributed by atoms with Crippen LogP contribution in [0.1, 0.15) is 59.8 Å². The van der Waals surface area contributed by atoms with E-state index in [4.69, 9.17) is 0 Å². The molecular weight excluding hydrogens is 220 g/mol. The molecule has 1 aliphatic rings. The first-order chi connectivity index (χ1) is 8.52. The minimum absolute atomic E-state index is 0.677. The van der Waals surface area contributed by atoms with Gasteiger partial charge in [-0.1, -0.05) is 20.3 Å². The van der Waals surface area contributed by atoms with E-state index < -0.39 is 0 Å². The molecule has 0 spiro atoms. The molecule has 0 saturated heterocycles. The van der Waals surface area contributed by atoms with E-state index in [0.29, 0.717) is 6.04 Å². The molecule has 1 saturated carbocycles. The molecule has 0 radical (unpaired) electrons. The SMILES string of the molecule is CC1CCCC(C)C1NCCCCN(C)C(C)C. The quantitative estimate of drug-likeness (QED) is 0.699. The molecule has 0 aromatic carbocycles. The van der Waals surface area contributed by atoms with Crippen molar-refractivity contribution >= 4 is 0 Å². The maximum atomic E-state index is 3.81. The first-order valence-electron chi connectivity index (χ1n) is 7.96. The van der Waals surface area contributed by atoms with Crippen molar-refractivity contribution in [2.24, 2.45) is 11.8 Å². The van der Waals surface area contributed by atoms with E-state index in [1.807, 2.05) is 0 Å². The second-order valence-corrected chi connectivity index (χ2v) is 6.65. The van der Waals surface area contributed by atoms with Gasteiger partial charge in [0, 0.05) is 12.1 Å². The van der Waals surface area contributed by atoms with Crippen molar-refractivity contribution in [3.05, 3.63) is 0 Å². The molecule has 2 heteroatoms. The molecule has 1 fully saturated rings. The molecule has 2 atom stereocenters. The summed E-state index contributed by atoms with van der Waals surface area (Å²) >= 11 is 0. The van der Waals surface area contributed by atoms with Gasteiger partial charge in [0.15, 0.2) is 0 Å². The van der Waals surface area contributed by atoms with Gasteiger partial charge >= 0.3 is 0 Å². The minimum atomic E-state index is 0.677. The topological polar surface area (TPSA) is 15.3 Å². The van der Waals surface area contributed by atoms with Gasteiger partial charge in [-0.05, 0) is 71.5 Å². The smallest absolute Gasteiger partial charge is 0.0118 e. The van der Waals surface area contributed by atoms with Crippen LogP contribution in [-0.4, -0.2) is 37.1 Å². The standard InChI is InChI=1S/C16H34N2/c1-13(2)18(5)12-7-6-11-17-16-14(3)9-8-10-15(16)4/h13-17H,6-12H2,1-5H3. The van der Waals surface area contributed by atoms with Gasteiger partial charge in [0.25, 0.3) is 0 Å². The Kier molecular flexibility index (Phi) is 7.25. The van der Waals surface area contributed by atoms with Crippen molar-refractivity contribution in [2.45, 2.75) is 71.9 Å². The lowest BCUT2D eigenvalue weighted by Crippen LogP contribution is -2.43. The lowest BCUT2D eigenvalue weighted by atomic mass is 9.79. The highest BCUT2D eigenvalue weighted by Gasteiger charge is 2.26. The Morgan fingerprint density at radius 2 is 1.72 bits per heavy atom. The first kappa shape index (κ1) is 16.0. The molecule has 0 heterocycles. The van der Waals surface area contributed by atoms with Crippen LogP contribution < -0.4 is 5.32 Å². The molecule has 1 rings (SSSR count). The van der Waals surface area contributed by atoms with Crippen LogP contribution in [0, 0.1) is 11.8 Å². The second kappa shape index (κ2) is 8.16. The fraction of sp³-hybridized carbons (Fsp3) is 1.00. The van der Waals surface area contributed by atoms with Crippen LogP contribution in [0.15, 0.2) is 0 Å². The van der Waals surface area contributed by atoms with Gasteiger partial charge < -0.3 is 10.2 Å². The van der Waals surface area contributed by atoms with E-state index in [1.165, 1.54) is 45.2 Å². The molecule has 0 aromatic heterocycles. The van der Waals surface area contributed by atoms with Gasteiger partial charge in [-0.3, -0.25) is 0 Å². The van der Waals surface area contributed by atoms with Gasteiger partial charge in [0.05, 0.1) is 0 Å². The third-order valence-corrected chi connectivity index (χ3v) is 4.74. The number of unbranched alkanes of at least 4 members (excludes halogenated alkanes) is 1. The van der Waals surface area contributed by atoms with Crippen molar-refractivity contribution < 1.29 is 0 Å².